The number of benzene rings is 2. The predicted octanol–water partition coefficient (Wildman–Crippen LogP) is 3.85. The molecular weight excluding hydrogens is 302 g/mol. The molecule has 4 nitrogen and oxygen atoms in total. The van der Waals surface area contributed by atoms with Gasteiger partial charge in [0.2, 0.25) is 0 Å². The summed E-state index contributed by atoms with van der Waals surface area (Å²) in [4.78, 5) is 12.5. The molecule has 0 aliphatic heterocycles. The minimum atomic E-state index is -0.916. The van der Waals surface area contributed by atoms with E-state index in [0.29, 0.717) is 27.6 Å². The van der Waals surface area contributed by atoms with Crippen LogP contribution in [-0.2, 0) is 0 Å². The summed E-state index contributed by atoms with van der Waals surface area (Å²) in [6, 6.07) is 13.5. The van der Waals surface area contributed by atoms with Crippen LogP contribution in [0.4, 0.5) is 0 Å². The average Bonchev–Trinajstić information content (AvgIpc) is 2.55. The number of carbonyl (C=O) groups is 1. The van der Waals surface area contributed by atoms with E-state index in [1.54, 1.807) is 42.5 Å². The van der Waals surface area contributed by atoms with Gasteiger partial charge in [0.25, 0.3) is 0 Å². The third-order valence-electron chi connectivity index (χ3n) is 3.26. The smallest absolute Gasteiger partial charge is 0.184 e. The number of carbonyl (C=O) groups excluding carboxylic acids is 1. The predicted molar refractivity (Wildman–Crippen MR) is 83.7 cm³/mol. The number of nitrogens with zero attached hydrogens (tertiary/aromatic N) is 1. The van der Waals surface area contributed by atoms with Crippen molar-refractivity contribution in [1.29, 1.82) is 5.26 Å². The van der Waals surface area contributed by atoms with Gasteiger partial charge in [-0.25, -0.2) is 0 Å². The fraction of sp³-hybridized carbons (Fsp3) is 0.176. The van der Waals surface area contributed by atoms with Gasteiger partial charge in [0.1, 0.15) is 5.92 Å². The largest absolute Gasteiger partial charge is 0.493 e. The zero-order valence-corrected chi connectivity index (χ0v) is 12.9. The maximum atomic E-state index is 12.5. The van der Waals surface area contributed by atoms with E-state index in [-0.39, 0.29) is 5.78 Å². The van der Waals surface area contributed by atoms with Crippen LogP contribution in [0.3, 0.4) is 0 Å². The van der Waals surface area contributed by atoms with E-state index in [4.69, 9.17) is 21.1 Å². The highest BCUT2D eigenvalue weighted by Crippen LogP contribution is 2.31. The van der Waals surface area contributed by atoms with Crippen molar-refractivity contribution in [2.24, 2.45) is 0 Å². The molecule has 0 bridgehead atoms. The quantitative estimate of drug-likeness (QED) is 0.786. The molecule has 0 aliphatic carbocycles. The minimum Gasteiger partial charge on any atom is -0.493 e. The molecule has 2 aromatic rings. The van der Waals surface area contributed by atoms with E-state index in [1.165, 1.54) is 14.2 Å². The second kappa shape index (κ2) is 6.97. The van der Waals surface area contributed by atoms with Gasteiger partial charge in [-0.2, -0.15) is 5.26 Å². The standard InChI is InChI=1S/C17H14ClNO3/c1-21-15-8-5-12(9-16(15)22-2)14(10-19)17(20)11-3-6-13(18)7-4-11/h3-9,14H,1-2H3. The molecule has 0 amide bonds. The summed E-state index contributed by atoms with van der Waals surface area (Å²) in [6.07, 6.45) is 0. The lowest BCUT2D eigenvalue weighted by Crippen LogP contribution is -2.11. The van der Waals surface area contributed by atoms with Crippen LogP contribution in [0.15, 0.2) is 42.5 Å². The first-order valence-corrected chi connectivity index (χ1v) is 6.89. The second-order valence-electron chi connectivity index (χ2n) is 4.55. The van der Waals surface area contributed by atoms with Gasteiger partial charge in [0.15, 0.2) is 17.3 Å². The van der Waals surface area contributed by atoms with Crippen molar-refractivity contribution in [2.45, 2.75) is 5.92 Å². The Morgan fingerprint density at radius 1 is 1.09 bits per heavy atom. The maximum Gasteiger partial charge on any atom is 0.184 e. The SMILES string of the molecule is COc1ccc(C(C#N)C(=O)c2ccc(Cl)cc2)cc1OC. The number of nitriles is 1. The minimum absolute atomic E-state index is 0.286. The summed E-state index contributed by atoms with van der Waals surface area (Å²) in [5.74, 6) is -0.182. The van der Waals surface area contributed by atoms with Crippen LogP contribution in [0.5, 0.6) is 11.5 Å². The van der Waals surface area contributed by atoms with E-state index in [0.717, 1.165) is 0 Å². The van der Waals surface area contributed by atoms with Crippen molar-refractivity contribution >= 4 is 17.4 Å². The Morgan fingerprint density at radius 3 is 2.27 bits per heavy atom. The van der Waals surface area contributed by atoms with Crippen molar-refractivity contribution in [3.63, 3.8) is 0 Å². The van der Waals surface area contributed by atoms with Crippen LogP contribution in [-0.4, -0.2) is 20.0 Å². The lowest BCUT2D eigenvalue weighted by atomic mass is 9.91. The Bertz CT molecular complexity index is 720. The molecule has 0 saturated carbocycles. The molecule has 1 unspecified atom stereocenters. The number of methoxy groups -OCH3 is 2. The van der Waals surface area contributed by atoms with E-state index in [9.17, 15) is 10.1 Å². The fourth-order valence-electron chi connectivity index (χ4n) is 2.10. The Kier molecular flexibility index (Phi) is 5.03. The number of rotatable bonds is 5. The third kappa shape index (κ3) is 3.21. The topological polar surface area (TPSA) is 59.3 Å². The van der Waals surface area contributed by atoms with Crippen LogP contribution < -0.4 is 9.47 Å². The summed E-state index contributed by atoms with van der Waals surface area (Å²) >= 11 is 5.81. The molecule has 5 heteroatoms. The van der Waals surface area contributed by atoms with Gasteiger partial charge >= 0.3 is 0 Å². The van der Waals surface area contributed by atoms with Gasteiger partial charge in [-0.05, 0) is 42.0 Å². The second-order valence-corrected chi connectivity index (χ2v) is 4.98. The molecule has 0 aliphatic rings. The van der Waals surface area contributed by atoms with Crippen LogP contribution in [0.1, 0.15) is 21.8 Å². The van der Waals surface area contributed by atoms with E-state index < -0.39 is 5.92 Å². The highest BCUT2D eigenvalue weighted by Gasteiger charge is 2.23. The molecule has 2 rings (SSSR count). The molecule has 2 aromatic carbocycles. The third-order valence-corrected chi connectivity index (χ3v) is 3.51. The highest BCUT2D eigenvalue weighted by molar-refractivity contribution is 6.30. The molecule has 0 aromatic heterocycles. The van der Waals surface area contributed by atoms with Crippen molar-refractivity contribution in [1.82, 2.24) is 0 Å². The lowest BCUT2D eigenvalue weighted by Gasteiger charge is -2.12. The van der Waals surface area contributed by atoms with Gasteiger partial charge in [-0.15, -0.1) is 0 Å². The van der Waals surface area contributed by atoms with E-state index >= 15 is 0 Å². The van der Waals surface area contributed by atoms with Crippen LogP contribution in [0, 0.1) is 11.3 Å². The molecule has 0 fully saturated rings. The lowest BCUT2D eigenvalue weighted by molar-refractivity contribution is 0.0979. The zero-order valence-electron chi connectivity index (χ0n) is 12.2. The summed E-state index contributed by atoms with van der Waals surface area (Å²) in [5.41, 5.74) is 0.992. The average molecular weight is 316 g/mol. The first kappa shape index (κ1) is 15.9. The molecule has 0 saturated heterocycles. The number of halogens is 1. The van der Waals surface area contributed by atoms with Crippen molar-refractivity contribution in [3.8, 4) is 17.6 Å². The van der Waals surface area contributed by atoms with Crippen LogP contribution in [0.25, 0.3) is 0 Å². The van der Waals surface area contributed by atoms with Gasteiger partial charge in [0, 0.05) is 10.6 Å². The molecule has 112 valence electrons. The van der Waals surface area contributed by atoms with Gasteiger partial charge < -0.3 is 9.47 Å². The molecule has 0 radical (unpaired) electrons. The number of ketones is 1. The maximum absolute atomic E-state index is 12.5. The summed E-state index contributed by atoms with van der Waals surface area (Å²) in [5, 5.41) is 9.93. The summed E-state index contributed by atoms with van der Waals surface area (Å²) in [6.45, 7) is 0. The van der Waals surface area contributed by atoms with Crippen LogP contribution in [0.2, 0.25) is 5.02 Å². The monoisotopic (exact) mass is 315 g/mol. The normalized spacial score (nSPS) is 11.4. The highest BCUT2D eigenvalue weighted by atomic mass is 35.5. The summed E-state index contributed by atoms with van der Waals surface area (Å²) < 4.78 is 10.4. The van der Waals surface area contributed by atoms with Gasteiger partial charge in [-0.1, -0.05) is 17.7 Å². The van der Waals surface area contributed by atoms with Gasteiger partial charge in [0.05, 0.1) is 20.3 Å². The number of hydrogen-bond acceptors (Lipinski definition) is 4. The first-order chi connectivity index (χ1) is 10.6. The van der Waals surface area contributed by atoms with Crippen LogP contribution >= 0.6 is 11.6 Å². The number of ether oxygens (including phenoxy) is 2. The number of hydrogen-bond donors (Lipinski definition) is 0. The molecular formula is C17H14ClNO3. The van der Waals surface area contributed by atoms with E-state index in [2.05, 4.69) is 0 Å². The zero-order chi connectivity index (χ0) is 16.1. The van der Waals surface area contributed by atoms with Gasteiger partial charge in [-0.3, -0.25) is 4.79 Å². The first-order valence-electron chi connectivity index (χ1n) is 6.52. The van der Waals surface area contributed by atoms with Crippen molar-refractivity contribution in [3.05, 3.63) is 58.6 Å². The van der Waals surface area contributed by atoms with Crippen molar-refractivity contribution < 1.29 is 14.3 Å². The number of Topliss-reactive ketones (excluding diaryl/α,β-unsaturated/α-hetero) is 1. The Morgan fingerprint density at radius 2 is 1.73 bits per heavy atom. The molecule has 1 atom stereocenters. The Hall–Kier alpha value is -2.51. The molecule has 0 heterocycles. The van der Waals surface area contributed by atoms with Crippen molar-refractivity contribution in [2.75, 3.05) is 14.2 Å². The fourth-order valence-corrected chi connectivity index (χ4v) is 2.22. The Balaban J connectivity index is 2.38. The Labute approximate surface area is 133 Å². The molecule has 22 heavy (non-hydrogen) atoms. The molecule has 0 spiro atoms. The molecule has 0 N–H and O–H groups in total. The van der Waals surface area contributed by atoms with E-state index in [1.807, 2.05) is 6.07 Å². The summed E-state index contributed by atoms with van der Waals surface area (Å²) in [7, 11) is 3.03.